The van der Waals surface area contributed by atoms with Crippen LogP contribution in [0.2, 0.25) is 0 Å². The zero-order valence-electron chi connectivity index (χ0n) is 12.6. The molecule has 1 N–H and O–H groups in total. The summed E-state index contributed by atoms with van der Waals surface area (Å²) in [5.41, 5.74) is 2.66. The van der Waals surface area contributed by atoms with Crippen LogP contribution in [0.25, 0.3) is 0 Å². The van der Waals surface area contributed by atoms with E-state index in [1.165, 1.54) is 12.4 Å². The molecular formula is C16H20FN3O. The van der Waals surface area contributed by atoms with Crippen molar-refractivity contribution in [1.82, 2.24) is 15.3 Å². The van der Waals surface area contributed by atoms with Crippen LogP contribution in [-0.4, -0.2) is 23.6 Å². The highest BCUT2D eigenvalue weighted by molar-refractivity contribution is 5.35. The minimum atomic E-state index is -0.250. The van der Waals surface area contributed by atoms with Crippen LogP contribution in [0.1, 0.15) is 36.2 Å². The number of hydrogen-bond acceptors (Lipinski definition) is 4. The highest BCUT2D eigenvalue weighted by atomic mass is 19.1. The number of rotatable bonds is 6. The van der Waals surface area contributed by atoms with E-state index >= 15 is 0 Å². The van der Waals surface area contributed by atoms with Crippen molar-refractivity contribution >= 4 is 0 Å². The lowest BCUT2D eigenvalue weighted by Crippen LogP contribution is -2.25. The Morgan fingerprint density at radius 3 is 2.81 bits per heavy atom. The lowest BCUT2D eigenvalue weighted by molar-refractivity contribution is 0.394. The molecule has 0 bridgehead atoms. The molecule has 4 nitrogen and oxygen atoms in total. The highest BCUT2D eigenvalue weighted by Crippen LogP contribution is 2.25. The summed E-state index contributed by atoms with van der Waals surface area (Å²) in [6.45, 7) is 4.86. The summed E-state index contributed by atoms with van der Waals surface area (Å²) in [4.78, 5) is 8.33. The van der Waals surface area contributed by atoms with Crippen molar-refractivity contribution in [1.29, 1.82) is 0 Å². The van der Waals surface area contributed by atoms with Crippen molar-refractivity contribution in [3.8, 4) is 5.88 Å². The molecule has 0 amide bonds. The van der Waals surface area contributed by atoms with Gasteiger partial charge in [-0.1, -0.05) is 13.0 Å². The van der Waals surface area contributed by atoms with Gasteiger partial charge in [0.05, 0.1) is 18.8 Å². The fourth-order valence-electron chi connectivity index (χ4n) is 2.21. The molecule has 1 atom stereocenters. The van der Waals surface area contributed by atoms with Gasteiger partial charge in [0, 0.05) is 6.07 Å². The summed E-state index contributed by atoms with van der Waals surface area (Å²) in [6, 6.07) is 6.40. The van der Waals surface area contributed by atoms with Crippen molar-refractivity contribution in [3.05, 3.63) is 53.2 Å². The van der Waals surface area contributed by atoms with E-state index in [0.717, 1.165) is 29.8 Å². The Labute approximate surface area is 124 Å². The van der Waals surface area contributed by atoms with Gasteiger partial charge in [0.1, 0.15) is 12.1 Å². The topological polar surface area (TPSA) is 47.0 Å². The summed E-state index contributed by atoms with van der Waals surface area (Å²) >= 11 is 0. The number of hydrogen-bond donors (Lipinski definition) is 1. The van der Waals surface area contributed by atoms with Crippen molar-refractivity contribution in [2.45, 2.75) is 26.3 Å². The fourth-order valence-corrected chi connectivity index (χ4v) is 2.21. The Bertz CT molecular complexity index is 604. The number of benzene rings is 1. The van der Waals surface area contributed by atoms with Gasteiger partial charge in [-0.3, -0.25) is 0 Å². The monoisotopic (exact) mass is 289 g/mol. The van der Waals surface area contributed by atoms with E-state index in [9.17, 15) is 4.39 Å². The van der Waals surface area contributed by atoms with Crippen molar-refractivity contribution in [3.63, 3.8) is 0 Å². The molecule has 0 aliphatic heterocycles. The molecule has 0 spiro atoms. The molecule has 2 rings (SSSR count). The van der Waals surface area contributed by atoms with Gasteiger partial charge in [-0.25, -0.2) is 14.4 Å². The van der Waals surface area contributed by atoms with Gasteiger partial charge in [-0.05, 0) is 43.1 Å². The van der Waals surface area contributed by atoms with Crippen LogP contribution in [0.3, 0.4) is 0 Å². The largest absolute Gasteiger partial charge is 0.481 e. The third-order valence-electron chi connectivity index (χ3n) is 3.32. The number of ether oxygens (including phenoxy) is 1. The van der Waals surface area contributed by atoms with Gasteiger partial charge in [-0.15, -0.1) is 0 Å². The van der Waals surface area contributed by atoms with Crippen LogP contribution in [-0.2, 0) is 0 Å². The molecule has 1 aromatic carbocycles. The average molecular weight is 289 g/mol. The summed E-state index contributed by atoms with van der Waals surface area (Å²) in [7, 11) is 1.56. The van der Waals surface area contributed by atoms with Gasteiger partial charge in [0.25, 0.3) is 0 Å². The smallest absolute Gasteiger partial charge is 0.216 e. The zero-order valence-corrected chi connectivity index (χ0v) is 12.6. The fraction of sp³-hybridized carbons (Fsp3) is 0.375. The van der Waals surface area contributed by atoms with Crippen LogP contribution >= 0.6 is 0 Å². The van der Waals surface area contributed by atoms with Gasteiger partial charge in [0.2, 0.25) is 5.88 Å². The van der Waals surface area contributed by atoms with E-state index in [1.54, 1.807) is 25.3 Å². The van der Waals surface area contributed by atoms with Crippen molar-refractivity contribution < 1.29 is 9.13 Å². The molecule has 1 heterocycles. The minimum absolute atomic E-state index is 0.183. The highest BCUT2D eigenvalue weighted by Gasteiger charge is 2.18. The van der Waals surface area contributed by atoms with Crippen molar-refractivity contribution in [2.24, 2.45) is 0 Å². The second-order valence-electron chi connectivity index (χ2n) is 4.87. The molecule has 0 radical (unpaired) electrons. The summed E-state index contributed by atoms with van der Waals surface area (Å²) < 4.78 is 18.8. The maximum Gasteiger partial charge on any atom is 0.216 e. The van der Waals surface area contributed by atoms with E-state index in [4.69, 9.17) is 4.74 Å². The first kappa shape index (κ1) is 15.4. The molecule has 2 aromatic rings. The minimum Gasteiger partial charge on any atom is -0.481 e. The predicted octanol–water partition coefficient (Wildman–Crippen LogP) is 3.02. The Hall–Kier alpha value is -2.01. The number of nitrogens with one attached hydrogen (secondary N) is 1. The second-order valence-corrected chi connectivity index (χ2v) is 4.87. The summed E-state index contributed by atoms with van der Waals surface area (Å²) in [5.74, 6) is 0.247. The molecule has 1 aromatic heterocycles. The van der Waals surface area contributed by atoms with Gasteiger partial charge >= 0.3 is 0 Å². The third-order valence-corrected chi connectivity index (χ3v) is 3.32. The first-order valence-corrected chi connectivity index (χ1v) is 7.01. The molecule has 0 saturated heterocycles. The first-order chi connectivity index (χ1) is 10.2. The van der Waals surface area contributed by atoms with E-state index in [1.807, 2.05) is 6.92 Å². The van der Waals surface area contributed by atoms with Crippen LogP contribution in [0.4, 0.5) is 4.39 Å². The normalized spacial score (nSPS) is 12.2. The van der Waals surface area contributed by atoms with Crippen LogP contribution in [0.15, 0.2) is 30.6 Å². The Morgan fingerprint density at radius 1 is 1.29 bits per heavy atom. The summed E-state index contributed by atoms with van der Waals surface area (Å²) in [5, 5.41) is 3.41. The molecule has 0 aliphatic carbocycles. The molecule has 1 unspecified atom stereocenters. The Balaban J connectivity index is 2.44. The first-order valence-electron chi connectivity index (χ1n) is 7.01. The van der Waals surface area contributed by atoms with E-state index in [0.29, 0.717) is 5.88 Å². The van der Waals surface area contributed by atoms with Crippen molar-refractivity contribution in [2.75, 3.05) is 13.7 Å². The lowest BCUT2D eigenvalue weighted by Gasteiger charge is -2.20. The number of methoxy groups -OCH3 is 1. The Morgan fingerprint density at radius 2 is 2.10 bits per heavy atom. The van der Waals surface area contributed by atoms with E-state index < -0.39 is 0 Å². The van der Waals surface area contributed by atoms with Gasteiger partial charge < -0.3 is 10.1 Å². The number of aromatic nitrogens is 2. The number of halogens is 1. The molecular weight excluding hydrogens is 269 g/mol. The standard InChI is InChI=1S/C16H20FN3O/c1-4-7-18-16(13-8-12(17)6-5-11(13)2)14-9-15(21-3)20-10-19-14/h5-6,8-10,16,18H,4,7H2,1-3H3. The number of nitrogens with zero attached hydrogens (tertiary/aromatic N) is 2. The average Bonchev–Trinajstić information content (AvgIpc) is 2.51. The van der Waals surface area contributed by atoms with Crippen LogP contribution in [0.5, 0.6) is 5.88 Å². The molecule has 0 fully saturated rings. The maximum absolute atomic E-state index is 13.6. The van der Waals surface area contributed by atoms with Gasteiger partial charge in [-0.2, -0.15) is 0 Å². The third kappa shape index (κ3) is 3.76. The zero-order chi connectivity index (χ0) is 15.2. The van der Waals surface area contributed by atoms with Crippen LogP contribution < -0.4 is 10.1 Å². The maximum atomic E-state index is 13.6. The van der Waals surface area contributed by atoms with E-state index in [-0.39, 0.29) is 11.9 Å². The van der Waals surface area contributed by atoms with E-state index in [2.05, 4.69) is 22.2 Å². The molecule has 5 heteroatoms. The molecule has 112 valence electrons. The quantitative estimate of drug-likeness (QED) is 0.888. The molecule has 0 saturated carbocycles. The van der Waals surface area contributed by atoms with Gasteiger partial charge in [0.15, 0.2) is 0 Å². The lowest BCUT2D eigenvalue weighted by atomic mass is 9.98. The Kier molecular flexibility index (Phi) is 5.22. The molecule has 21 heavy (non-hydrogen) atoms. The van der Waals surface area contributed by atoms with Crippen LogP contribution in [0, 0.1) is 12.7 Å². The second kappa shape index (κ2) is 7.13. The molecule has 0 aliphatic rings. The predicted molar refractivity (Wildman–Crippen MR) is 79.9 cm³/mol. The summed E-state index contributed by atoms with van der Waals surface area (Å²) in [6.07, 6.45) is 2.44. The number of aryl methyl sites for hydroxylation is 1. The SMILES string of the molecule is CCCNC(c1cc(OC)ncn1)c1cc(F)ccc1C.